The van der Waals surface area contributed by atoms with E-state index in [1.54, 1.807) is 18.2 Å². The summed E-state index contributed by atoms with van der Waals surface area (Å²) in [5, 5.41) is 5.98. The molecule has 0 radical (unpaired) electrons. The molecule has 2 N–H and O–H groups in total. The molecule has 0 aliphatic heterocycles. The zero-order valence-corrected chi connectivity index (χ0v) is 14.1. The first-order chi connectivity index (χ1) is 13.0. The van der Waals surface area contributed by atoms with E-state index in [4.69, 9.17) is 4.74 Å². The van der Waals surface area contributed by atoms with Crippen molar-refractivity contribution in [3.63, 3.8) is 0 Å². The van der Waals surface area contributed by atoms with Gasteiger partial charge in [0.1, 0.15) is 5.82 Å². The summed E-state index contributed by atoms with van der Waals surface area (Å²) in [6.07, 6.45) is 0. The van der Waals surface area contributed by atoms with Crippen LogP contribution in [0, 0.1) is 5.82 Å². The van der Waals surface area contributed by atoms with Crippen LogP contribution in [0.1, 0.15) is 10.4 Å². The Balaban J connectivity index is 1.52. The zero-order valence-electron chi connectivity index (χ0n) is 14.1. The van der Waals surface area contributed by atoms with E-state index in [1.807, 2.05) is 29.6 Å². The molecule has 0 fully saturated rings. The molecule has 3 amide bonds. The first kappa shape index (κ1) is 18.1. The maximum atomic E-state index is 13.4. The van der Waals surface area contributed by atoms with E-state index in [2.05, 4.69) is 5.32 Å². The Kier molecular flexibility index (Phi) is 5.41. The van der Waals surface area contributed by atoms with Crippen LogP contribution in [0.2, 0.25) is 0 Å². The van der Waals surface area contributed by atoms with Crippen LogP contribution in [0.15, 0.2) is 66.7 Å². The van der Waals surface area contributed by atoms with Crippen LogP contribution >= 0.6 is 0 Å². The number of para-hydroxylation sites is 1. The second-order valence-corrected chi connectivity index (χ2v) is 5.62. The quantitative estimate of drug-likeness (QED) is 0.693. The standard InChI is InChI=1S/C20H15FN2O4/c21-16-7-3-4-8-17(16)22-20(26)23-18(24)12-27-19(25)15-10-9-13-5-1-2-6-14(13)11-15/h1-11H,12H2,(H2,22,23,24,26). The van der Waals surface area contributed by atoms with Crippen molar-refractivity contribution in [3.8, 4) is 0 Å². The Morgan fingerprint density at radius 2 is 1.59 bits per heavy atom. The number of halogens is 1. The third-order valence-electron chi connectivity index (χ3n) is 3.69. The van der Waals surface area contributed by atoms with E-state index in [-0.39, 0.29) is 11.3 Å². The van der Waals surface area contributed by atoms with Crippen molar-refractivity contribution in [1.29, 1.82) is 0 Å². The molecule has 0 unspecified atom stereocenters. The number of amides is 3. The smallest absolute Gasteiger partial charge is 0.338 e. The van der Waals surface area contributed by atoms with E-state index >= 15 is 0 Å². The Bertz CT molecular complexity index is 1020. The number of nitrogens with one attached hydrogen (secondary N) is 2. The van der Waals surface area contributed by atoms with Crippen molar-refractivity contribution < 1.29 is 23.5 Å². The van der Waals surface area contributed by atoms with Crippen LogP contribution < -0.4 is 10.6 Å². The highest BCUT2D eigenvalue weighted by molar-refractivity contribution is 6.02. The number of ether oxygens (including phenoxy) is 1. The molecule has 0 atom stereocenters. The van der Waals surface area contributed by atoms with Gasteiger partial charge in [0, 0.05) is 0 Å². The minimum atomic E-state index is -0.924. The Morgan fingerprint density at radius 1 is 0.889 bits per heavy atom. The number of benzene rings is 3. The van der Waals surface area contributed by atoms with Gasteiger partial charge in [-0.2, -0.15) is 0 Å². The third kappa shape index (κ3) is 4.66. The highest BCUT2D eigenvalue weighted by Crippen LogP contribution is 2.16. The lowest BCUT2D eigenvalue weighted by Gasteiger charge is -2.08. The van der Waals surface area contributed by atoms with Gasteiger partial charge in [0.15, 0.2) is 6.61 Å². The van der Waals surface area contributed by atoms with E-state index in [0.717, 1.165) is 10.8 Å². The topological polar surface area (TPSA) is 84.5 Å². The molecule has 0 aromatic heterocycles. The van der Waals surface area contributed by atoms with Gasteiger partial charge in [0.2, 0.25) is 0 Å². The van der Waals surface area contributed by atoms with Gasteiger partial charge in [0.25, 0.3) is 5.91 Å². The Labute approximate surface area is 153 Å². The molecule has 27 heavy (non-hydrogen) atoms. The molecule has 0 aliphatic rings. The van der Waals surface area contributed by atoms with Gasteiger partial charge in [-0.05, 0) is 35.0 Å². The lowest BCUT2D eigenvalue weighted by atomic mass is 10.1. The Morgan fingerprint density at radius 3 is 2.37 bits per heavy atom. The second-order valence-electron chi connectivity index (χ2n) is 5.62. The highest BCUT2D eigenvalue weighted by atomic mass is 19.1. The lowest BCUT2D eigenvalue weighted by Crippen LogP contribution is -2.37. The number of fused-ring (bicyclic) bond motifs is 1. The van der Waals surface area contributed by atoms with Gasteiger partial charge in [-0.25, -0.2) is 14.0 Å². The minimum Gasteiger partial charge on any atom is -0.452 e. The van der Waals surface area contributed by atoms with Gasteiger partial charge in [-0.1, -0.05) is 42.5 Å². The molecule has 7 heteroatoms. The number of esters is 1. The maximum Gasteiger partial charge on any atom is 0.338 e. The van der Waals surface area contributed by atoms with Crippen molar-refractivity contribution in [1.82, 2.24) is 5.32 Å². The molecule has 0 heterocycles. The number of hydrogen-bond donors (Lipinski definition) is 2. The summed E-state index contributed by atoms with van der Waals surface area (Å²) < 4.78 is 18.4. The number of carbonyl (C=O) groups is 3. The number of urea groups is 1. The second kappa shape index (κ2) is 8.09. The largest absolute Gasteiger partial charge is 0.452 e. The zero-order chi connectivity index (χ0) is 19.2. The van der Waals surface area contributed by atoms with E-state index < -0.39 is 30.3 Å². The van der Waals surface area contributed by atoms with Gasteiger partial charge in [0.05, 0.1) is 11.3 Å². The van der Waals surface area contributed by atoms with Crippen LogP contribution in [0.4, 0.5) is 14.9 Å². The number of rotatable bonds is 4. The molecule has 0 bridgehead atoms. The Hall–Kier alpha value is -3.74. The van der Waals surface area contributed by atoms with Gasteiger partial charge in [-0.3, -0.25) is 10.1 Å². The molecular formula is C20H15FN2O4. The highest BCUT2D eigenvalue weighted by Gasteiger charge is 2.14. The molecule has 3 aromatic rings. The fourth-order valence-electron chi connectivity index (χ4n) is 2.41. The fourth-order valence-corrected chi connectivity index (χ4v) is 2.41. The molecule has 0 aliphatic carbocycles. The van der Waals surface area contributed by atoms with Gasteiger partial charge < -0.3 is 10.1 Å². The molecule has 136 valence electrons. The molecular weight excluding hydrogens is 351 g/mol. The molecule has 0 spiro atoms. The molecule has 3 aromatic carbocycles. The first-order valence-corrected chi connectivity index (χ1v) is 8.04. The lowest BCUT2D eigenvalue weighted by molar-refractivity contribution is -0.123. The summed E-state index contributed by atoms with van der Waals surface area (Å²) >= 11 is 0. The first-order valence-electron chi connectivity index (χ1n) is 8.04. The number of imide groups is 1. The number of carbonyl (C=O) groups excluding carboxylic acids is 3. The summed E-state index contributed by atoms with van der Waals surface area (Å²) in [6.45, 7) is -0.643. The SMILES string of the molecule is O=C(COC(=O)c1ccc2ccccc2c1)NC(=O)Nc1ccccc1F. The van der Waals surface area contributed by atoms with E-state index in [1.165, 1.54) is 24.3 Å². The van der Waals surface area contributed by atoms with Gasteiger partial charge in [-0.15, -0.1) is 0 Å². The summed E-state index contributed by atoms with van der Waals surface area (Å²) in [4.78, 5) is 35.5. The van der Waals surface area contributed by atoms with Crippen molar-refractivity contribution in [3.05, 3.63) is 78.1 Å². The molecule has 0 saturated carbocycles. The third-order valence-corrected chi connectivity index (χ3v) is 3.69. The number of hydrogen-bond acceptors (Lipinski definition) is 4. The average Bonchev–Trinajstić information content (AvgIpc) is 2.67. The fraction of sp³-hybridized carbons (Fsp3) is 0.0500. The summed E-state index contributed by atoms with van der Waals surface area (Å²) in [7, 11) is 0. The normalized spacial score (nSPS) is 10.3. The van der Waals surface area contributed by atoms with Crippen molar-refractivity contribution in [2.45, 2.75) is 0 Å². The van der Waals surface area contributed by atoms with E-state index in [0.29, 0.717) is 0 Å². The van der Waals surface area contributed by atoms with Crippen molar-refractivity contribution in [2.75, 3.05) is 11.9 Å². The minimum absolute atomic E-state index is 0.0732. The average molecular weight is 366 g/mol. The van der Waals surface area contributed by atoms with Crippen LogP contribution in [0.5, 0.6) is 0 Å². The van der Waals surface area contributed by atoms with Crippen LogP contribution in [-0.4, -0.2) is 24.5 Å². The summed E-state index contributed by atoms with van der Waals surface area (Å²) in [5.41, 5.74) is 0.216. The molecule has 0 saturated heterocycles. The molecule has 6 nitrogen and oxygen atoms in total. The van der Waals surface area contributed by atoms with Crippen LogP contribution in [0.3, 0.4) is 0 Å². The molecule has 3 rings (SSSR count). The predicted molar refractivity (Wildman–Crippen MR) is 97.8 cm³/mol. The summed E-state index contributed by atoms with van der Waals surface area (Å²) in [6, 6.07) is 17.1. The number of anilines is 1. The van der Waals surface area contributed by atoms with Crippen LogP contribution in [0.25, 0.3) is 10.8 Å². The van der Waals surface area contributed by atoms with E-state index in [9.17, 15) is 18.8 Å². The van der Waals surface area contributed by atoms with Gasteiger partial charge >= 0.3 is 12.0 Å². The predicted octanol–water partition coefficient (Wildman–Crippen LogP) is 3.48. The monoisotopic (exact) mass is 366 g/mol. The van der Waals surface area contributed by atoms with Crippen molar-refractivity contribution in [2.24, 2.45) is 0 Å². The maximum absolute atomic E-state index is 13.4. The van der Waals surface area contributed by atoms with Crippen molar-refractivity contribution >= 4 is 34.4 Å². The summed E-state index contributed by atoms with van der Waals surface area (Å²) in [5.74, 6) is -2.16. The van der Waals surface area contributed by atoms with Crippen LogP contribution in [-0.2, 0) is 9.53 Å².